The molecule has 31 heavy (non-hydrogen) atoms. The van der Waals surface area contributed by atoms with Crippen molar-refractivity contribution in [1.29, 1.82) is 0 Å². The van der Waals surface area contributed by atoms with Crippen molar-refractivity contribution in [3.05, 3.63) is 71.0 Å². The molecule has 3 rings (SSSR count). The van der Waals surface area contributed by atoms with E-state index in [-0.39, 0.29) is 12.4 Å². The molecule has 0 amide bonds. The average Bonchev–Trinajstić information content (AvgIpc) is 2.77. The van der Waals surface area contributed by atoms with Crippen LogP contribution in [0.15, 0.2) is 53.5 Å². The molecule has 2 atom stereocenters. The monoisotopic (exact) mass is 426 g/mol. The summed E-state index contributed by atoms with van der Waals surface area (Å²) in [5.41, 5.74) is 2.90. The highest BCUT2D eigenvalue weighted by Crippen LogP contribution is 2.20. The Morgan fingerprint density at radius 2 is 2.00 bits per heavy atom. The van der Waals surface area contributed by atoms with Crippen molar-refractivity contribution in [2.45, 2.75) is 58.5 Å². The van der Waals surface area contributed by atoms with Gasteiger partial charge in [0.25, 0.3) is 0 Å². The van der Waals surface area contributed by atoms with Crippen LogP contribution < -0.4 is 10.6 Å². The van der Waals surface area contributed by atoms with Crippen molar-refractivity contribution in [2.75, 3.05) is 20.2 Å². The van der Waals surface area contributed by atoms with Crippen LogP contribution in [0.3, 0.4) is 0 Å². The molecule has 0 spiro atoms. The van der Waals surface area contributed by atoms with Gasteiger partial charge in [-0.15, -0.1) is 0 Å². The second-order valence-electron chi connectivity index (χ2n) is 8.22. The molecule has 0 bridgehead atoms. The molecule has 0 radical (unpaired) electrons. The van der Waals surface area contributed by atoms with E-state index >= 15 is 0 Å². The predicted octanol–water partition coefficient (Wildman–Crippen LogP) is 4.08. The van der Waals surface area contributed by atoms with Gasteiger partial charge in [0.05, 0.1) is 13.2 Å². The topological polar surface area (TPSA) is 48.9 Å². The van der Waals surface area contributed by atoms with E-state index in [1.165, 1.54) is 11.6 Å². The summed E-state index contributed by atoms with van der Waals surface area (Å²) < 4.78 is 18.9. The zero-order valence-electron chi connectivity index (χ0n) is 18.9. The molecule has 0 aromatic heterocycles. The third-order valence-electron chi connectivity index (χ3n) is 5.76. The average molecular weight is 427 g/mol. The van der Waals surface area contributed by atoms with Gasteiger partial charge in [-0.3, -0.25) is 4.90 Å². The summed E-state index contributed by atoms with van der Waals surface area (Å²) in [6, 6.07) is 16.7. The lowest BCUT2D eigenvalue weighted by molar-refractivity contribution is 0.134. The Bertz CT molecular complexity index is 843. The number of nitrogens with zero attached hydrogens (tertiary/aromatic N) is 2. The number of ether oxygens (including phenoxy) is 1. The second-order valence-corrected chi connectivity index (χ2v) is 8.22. The third kappa shape index (κ3) is 7.04. The maximum absolute atomic E-state index is 13.8. The van der Waals surface area contributed by atoms with Gasteiger partial charge in [-0.25, -0.2) is 9.38 Å². The van der Waals surface area contributed by atoms with E-state index in [2.05, 4.69) is 59.7 Å². The quantitative estimate of drug-likeness (QED) is 0.493. The molecule has 6 heteroatoms. The Morgan fingerprint density at radius 1 is 1.19 bits per heavy atom. The molecule has 2 aromatic carbocycles. The van der Waals surface area contributed by atoms with Gasteiger partial charge < -0.3 is 15.4 Å². The van der Waals surface area contributed by atoms with Gasteiger partial charge in [0, 0.05) is 44.4 Å². The number of likely N-dealkylation sites (tertiary alicyclic amines) is 1. The smallest absolute Gasteiger partial charge is 0.191 e. The fourth-order valence-corrected chi connectivity index (χ4v) is 4.08. The van der Waals surface area contributed by atoms with Gasteiger partial charge in [0.1, 0.15) is 5.82 Å². The number of hydrogen-bond acceptors (Lipinski definition) is 3. The van der Waals surface area contributed by atoms with Gasteiger partial charge in [-0.2, -0.15) is 0 Å². The lowest BCUT2D eigenvalue weighted by Gasteiger charge is -2.38. The van der Waals surface area contributed by atoms with Gasteiger partial charge >= 0.3 is 0 Å². The Balaban J connectivity index is 1.57. The van der Waals surface area contributed by atoms with E-state index < -0.39 is 0 Å². The maximum atomic E-state index is 13.8. The number of guanidine groups is 1. The molecule has 168 valence electrons. The molecule has 5 nitrogen and oxygen atoms in total. The fraction of sp³-hybridized carbons (Fsp3) is 0.480. The van der Waals surface area contributed by atoms with Crippen molar-refractivity contribution in [3.8, 4) is 0 Å². The minimum Gasteiger partial charge on any atom is -0.380 e. The summed E-state index contributed by atoms with van der Waals surface area (Å²) in [7, 11) is 1.57. The van der Waals surface area contributed by atoms with Crippen molar-refractivity contribution >= 4 is 5.96 Å². The summed E-state index contributed by atoms with van der Waals surface area (Å²) in [4.78, 5) is 7.29. The molecule has 0 aliphatic carbocycles. The molecular weight excluding hydrogens is 391 g/mol. The number of piperidine rings is 1. The lowest BCUT2D eigenvalue weighted by atomic mass is 9.97. The maximum Gasteiger partial charge on any atom is 0.191 e. The molecule has 1 heterocycles. The molecule has 2 N–H and O–H groups in total. The zero-order chi connectivity index (χ0) is 22.1. The molecule has 1 aliphatic rings. The zero-order valence-corrected chi connectivity index (χ0v) is 18.9. The van der Waals surface area contributed by atoms with Crippen LogP contribution in [0.2, 0.25) is 0 Å². The van der Waals surface area contributed by atoms with Crippen molar-refractivity contribution in [2.24, 2.45) is 4.99 Å². The van der Waals surface area contributed by atoms with E-state index in [1.807, 2.05) is 6.07 Å². The SMILES string of the molecule is CCNC(=NCc1ccc(F)c(COC)c1)NC1CCN(Cc2ccccc2)C(C)C1. The molecule has 1 aliphatic heterocycles. The minimum absolute atomic E-state index is 0.240. The number of nitrogens with one attached hydrogen (secondary N) is 2. The number of halogens is 1. The van der Waals surface area contributed by atoms with E-state index in [1.54, 1.807) is 13.2 Å². The van der Waals surface area contributed by atoms with Crippen LogP contribution in [-0.4, -0.2) is 43.1 Å². The van der Waals surface area contributed by atoms with E-state index in [0.717, 1.165) is 44.0 Å². The van der Waals surface area contributed by atoms with Crippen molar-refractivity contribution in [3.63, 3.8) is 0 Å². The van der Waals surface area contributed by atoms with Gasteiger partial charge in [-0.05, 0) is 49.9 Å². The van der Waals surface area contributed by atoms with Crippen LogP contribution in [0, 0.1) is 5.82 Å². The highest BCUT2D eigenvalue weighted by Gasteiger charge is 2.26. The predicted molar refractivity (Wildman–Crippen MR) is 124 cm³/mol. The van der Waals surface area contributed by atoms with Crippen LogP contribution in [0.1, 0.15) is 43.4 Å². The Kier molecular flexibility index (Phi) is 8.85. The molecular formula is C25H35FN4O. The summed E-state index contributed by atoms with van der Waals surface area (Å²) in [5.74, 6) is 0.574. The van der Waals surface area contributed by atoms with Gasteiger partial charge in [0.15, 0.2) is 5.96 Å². The lowest BCUT2D eigenvalue weighted by Crippen LogP contribution is -2.51. The first-order valence-electron chi connectivity index (χ1n) is 11.2. The Labute approximate surface area is 185 Å². The summed E-state index contributed by atoms with van der Waals surface area (Å²) in [6.07, 6.45) is 2.15. The van der Waals surface area contributed by atoms with Crippen LogP contribution in [0.25, 0.3) is 0 Å². The second kappa shape index (κ2) is 11.8. The number of benzene rings is 2. The van der Waals surface area contributed by atoms with Crippen molar-refractivity contribution < 1.29 is 9.13 Å². The normalized spacial score (nSPS) is 19.9. The van der Waals surface area contributed by atoms with Crippen molar-refractivity contribution in [1.82, 2.24) is 15.5 Å². The first-order chi connectivity index (χ1) is 15.1. The largest absolute Gasteiger partial charge is 0.380 e. The third-order valence-corrected chi connectivity index (χ3v) is 5.76. The molecule has 1 saturated heterocycles. The van der Waals surface area contributed by atoms with E-state index in [0.29, 0.717) is 24.2 Å². The van der Waals surface area contributed by atoms with Crippen LogP contribution >= 0.6 is 0 Å². The van der Waals surface area contributed by atoms with E-state index in [9.17, 15) is 4.39 Å². The highest BCUT2D eigenvalue weighted by atomic mass is 19.1. The van der Waals surface area contributed by atoms with Gasteiger partial charge in [0.2, 0.25) is 0 Å². The fourth-order valence-electron chi connectivity index (χ4n) is 4.08. The molecule has 2 unspecified atom stereocenters. The molecule has 2 aromatic rings. The summed E-state index contributed by atoms with van der Waals surface area (Å²) >= 11 is 0. The molecule has 1 fully saturated rings. The summed E-state index contributed by atoms with van der Waals surface area (Å²) in [5, 5.41) is 6.95. The van der Waals surface area contributed by atoms with Crippen LogP contribution in [0.5, 0.6) is 0 Å². The first kappa shape index (κ1) is 23.2. The number of rotatable bonds is 8. The van der Waals surface area contributed by atoms with Crippen LogP contribution in [-0.2, 0) is 24.4 Å². The Hall–Kier alpha value is -2.44. The minimum atomic E-state index is -0.240. The number of hydrogen-bond donors (Lipinski definition) is 2. The van der Waals surface area contributed by atoms with Crippen LogP contribution in [0.4, 0.5) is 4.39 Å². The standard InChI is InChI=1S/C25H35FN4O/c1-4-27-25(28-16-21-10-11-24(26)22(15-21)18-31-3)29-23-12-13-30(19(2)14-23)17-20-8-6-5-7-9-20/h5-11,15,19,23H,4,12-14,16-18H2,1-3H3,(H2,27,28,29). The highest BCUT2D eigenvalue weighted by molar-refractivity contribution is 5.80. The number of aliphatic imine (C=N–C) groups is 1. The first-order valence-corrected chi connectivity index (χ1v) is 11.2. The molecule has 0 saturated carbocycles. The summed E-state index contributed by atoms with van der Waals surface area (Å²) in [6.45, 7) is 7.98. The van der Waals surface area contributed by atoms with E-state index in [4.69, 9.17) is 9.73 Å². The Morgan fingerprint density at radius 3 is 2.71 bits per heavy atom. The van der Waals surface area contributed by atoms with Gasteiger partial charge in [-0.1, -0.05) is 36.4 Å². The number of methoxy groups -OCH3 is 1.